The Kier molecular flexibility index (Phi) is 2.49. The highest BCUT2D eigenvalue weighted by Gasteiger charge is 2.09. The van der Waals surface area contributed by atoms with Crippen molar-refractivity contribution in [2.24, 2.45) is 0 Å². The summed E-state index contributed by atoms with van der Waals surface area (Å²) in [6, 6.07) is 8.55. The predicted molar refractivity (Wildman–Crippen MR) is 65.3 cm³/mol. The quantitative estimate of drug-likeness (QED) is 0.696. The van der Waals surface area contributed by atoms with E-state index in [0.29, 0.717) is 11.3 Å². The Labute approximate surface area is 102 Å². The third-order valence-electron chi connectivity index (χ3n) is 2.50. The highest BCUT2D eigenvalue weighted by molar-refractivity contribution is 5.94. The molecule has 5 nitrogen and oxygen atoms in total. The molecule has 0 atom stereocenters. The van der Waals surface area contributed by atoms with E-state index < -0.39 is 5.97 Å². The van der Waals surface area contributed by atoms with Gasteiger partial charge in [0.25, 0.3) is 0 Å². The Hall–Kier alpha value is -2.69. The number of rotatable bonds is 2. The van der Waals surface area contributed by atoms with Crippen molar-refractivity contribution in [2.75, 3.05) is 0 Å². The van der Waals surface area contributed by atoms with Crippen LogP contribution in [0.5, 0.6) is 5.75 Å². The number of aromatic nitrogens is 3. The normalized spacial score (nSPS) is 10.4. The minimum absolute atomic E-state index is 0.417. The molecular weight excluding hydrogens is 230 g/mol. The van der Waals surface area contributed by atoms with Crippen LogP contribution in [0.15, 0.2) is 49.1 Å². The van der Waals surface area contributed by atoms with E-state index in [1.54, 1.807) is 42.9 Å². The first-order valence-electron chi connectivity index (χ1n) is 5.38. The van der Waals surface area contributed by atoms with Crippen molar-refractivity contribution < 1.29 is 9.53 Å². The molecule has 2 heterocycles. The van der Waals surface area contributed by atoms with Gasteiger partial charge in [-0.2, -0.15) is 0 Å². The van der Waals surface area contributed by atoms with E-state index >= 15 is 0 Å². The molecule has 0 aliphatic carbocycles. The molecule has 0 saturated carbocycles. The van der Waals surface area contributed by atoms with Crippen LogP contribution in [0, 0.1) is 0 Å². The molecule has 0 aliphatic heterocycles. The average Bonchev–Trinajstić information content (AvgIpc) is 2.87. The molecule has 0 bridgehead atoms. The summed E-state index contributed by atoms with van der Waals surface area (Å²) in [7, 11) is 0. The number of aromatic amines is 1. The fourth-order valence-corrected chi connectivity index (χ4v) is 1.64. The lowest BCUT2D eigenvalue weighted by molar-refractivity contribution is 0.0734. The van der Waals surface area contributed by atoms with Crippen molar-refractivity contribution in [2.45, 2.75) is 0 Å². The van der Waals surface area contributed by atoms with Crippen molar-refractivity contribution in [1.82, 2.24) is 15.0 Å². The highest BCUT2D eigenvalue weighted by atomic mass is 16.5. The summed E-state index contributed by atoms with van der Waals surface area (Å²) in [5, 5.41) is 0. The summed E-state index contributed by atoms with van der Waals surface area (Å²) in [4.78, 5) is 22.8. The molecule has 3 aromatic rings. The van der Waals surface area contributed by atoms with Crippen molar-refractivity contribution in [1.29, 1.82) is 0 Å². The van der Waals surface area contributed by atoms with Crippen LogP contribution in [0.2, 0.25) is 0 Å². The largest absolute Gasteiger partial charge is 0.421 e. The summed E-state index contributed by atoms with van der Waals surface area (Å²) >= 11 is 0. The van der Waals surface area contributed by atoms with Crippen molar-refractivity contribution in [3.63, 3.8) is 0 Å². The van der Waals surface area contributed by atoms with E-state index in [1.165, 1.54) is 6.20 Å². The number of hydrogen-bond acceptors (Lipinski definition) is 4. The molecule has 5 heteroatoms. The van der Waals surface area contributed by atoms with Gasteiger partial charge >= 0.3 is 5.97 Å². The van der Waals surface area contributed by atoms with Gasteiger partial charge in [-0.3, -0.25) is 4.98 Å². The summed E-state index contributed by atoms with van der Waals surface area (Å²) in [5.74, 6) is 0.00621. The Bertz CT molecular complexity index is 692. The first-order chi connectivity index (χ1) is 8.83. The maximum absolute atomic E-state index is 11.9. The number of hydrogen-bond donors (Lipinski definition) is 1. The van der Waals surface area contributed by atoms with Crippen LogP contribution in [0.25, 0.3) is 11.0 Å². The number of carbonyl (C=O) groups is 1. The number of nitrogens with one attached hydrogen (secondary N) is 1. The number of carbonyl (C=O) groups excluding carboxylic acids is 1. The van der Waals surface area contributed by atoms with E-state index in [2.05, 4.69) is 15.0 Å². The summed E-state index contributed by atoms with van der Waals surface area (Å²) in [6.45, 7) is 0. The molecule has 1 N–H and O–H groups in total. The maximum Gasteiger partial charge on any atom is 0.343 e. The van der Waals surface area contributed by atoms with Crippen LogP contribution in [0.4, 0.5) is 0 Å². The Balaban J connectivity index is 1.87. The molecule has 3 rings (SSSR count). The van der Waals surface area contributed by atoms with Crippen molar-refractivity contribution >= 4 is 17.0 Å². The number of H-pyrrole nitrogens is 1. The maximum atomic E-state index is 11.9. The van der Waals surface area contributed by atoms with E-state index in [9.17, 15) is 4.79 Å². The van der Waals surface area contributed by atoms with E-state index in [-0.39, 0.29) is 0 Å². The van der Waals surface area contributed by atoms with Crippen molar-refractivity contribution in [3.05, 3.63) is 54.6 Å². The average molecular weight is 239 g/mol. The van der Waals surface area contributed by atoms with E-state index in [0.717, 1.165) is 11.0 Å². The first-order valence-corrected chi connectivity index (χ1v) is 5.38. The number of pyridine rings is 1. The zero-order chi connectivity index (χ0) is 12.4. The lowest BCUT2D eigenvalue weighted by atomic mass is 10.2. The second kappa shape index (κ2) is 4.29. The van der Waals surface area contributed by atoms with Gasteiger partial charge in [0.15, 0.2) is 0 Å². The van der Waals surface area contributed by atoms with Gasteiger partial charge in [0.2, 0.25) is 0 Å². The fraction of sp³-hybridized carbons (Fsp3) is 0. The molecule has 0 amide bonds. The van der Waals surface area contributed by atoms with E-state index in [1.807, 2.05) is 0 Å². The van der Waals surface area contributed by atoms with Crippen LogP contribution < -0.4 is 4.74 Å². The standard InChI is InChI=1S/C13H9N3O2/c17-13(18-10-2-1-5-14-7-10)9-3-4-11-12(6-9)16-8-15-11/h1-8H,(H,15,16). The molecule has 0 fully saturated rings. The molecule has 0 unspecified atom stereocenters. The Morgan fingerprint density at radius 2 is 2.22 bits per heavy atom. The second-order valence-corrected chi connectivity index (χ2v) is 3.71. The molecule has 0 aliphatic rings. The van der Waals surface area contributed by atoms with Gasteiger partial charge in [0, 0.05) is 6.20 Å². The minimum Gasteiger partial charge on any atom is -0.421 e. The lowest BCUT2D eigenvalue weighted by Gasteiger charge is -2.03. The highest BCUT2D eigenvalue weighted by Crippen LogP contribution is 2.14. The third kappa shape index (κ3) is 1.93. The van der Waals surface area contributed by atoms with Crippen LogP contribution in [-0.2, 0) is 0 Å². The molecule has 0 spiro atoms. The second-order valence-electron chi connectivity index (χ2n) is 3.71. The number of nitrogens with zero attached hydrogens (tertiary/aromatic N) is 2. The van der Waals surface area contributed by atoms with Gasteiger partial charge in [-0.1, -0.05) is 0 Å². The lowest BCUT2D eigenvalue weighted by Crippen LogP contribution is -2.08. The number of ether oxygens (including phenoxy) is 1. The zero-order valence-electron chi connectivity index (χ0n) is 9.33. The molecule has 88 valence electrons. The SMILES string of the molecule is O=C(Oc1cccnc1)c1ccc2nc[nH]c2c1. The predicted octanol–water partition coefficient (Wildman–Crippen LogP) is 2.18. The molecule has 0 saturated heterocycles. The number of fused-ring (bicyclic) bond motifs is 1. The van der Waals surface area contributed by atoms with E-state index in [4.69, 9.17) is 4.74 Å². The summed E-state index contributed by atoms with van der Waals surface area (Å²) in [5.41, 5.74) is 2.08. The van der Waals surface area contributed by atoms with Crippen LogP contribution >= 0.6 is 0 Å². The number of esters is 1. The van der Waals surface area contributed by atoms with Crippen LogP contribution in [0.3, 0.4) is 0 Å². The first kappa shape index (κ1) is 10.5. The monoisotopic (exact) mass is 239 g/mol. The van der Waals surface area contributed by atoms with Gasteiger partial charge in [-0.25, -0.2) is 9.78 Å². The topological polar surface area (TPSA) is 67.9 Å². The summed E-state index contributed by atoms with van der Waals surface area (Å²) < 4.78 is 5.19. The molecule has 18 heavy (non-hydrogen) atoms. The smallest absolute Gasteiger partial charge is 0.343 e. The summed E-state index contributed by atoms with van der Waals surface area (Å²) in [6.07, 6.45) is 4.70. The van der Waals surface area contributed by atoms with Gasteiger partial charge in [-0.05, 0) is 30.3 Å². The third-order valence-corrected chi connectivity index (χ3v) is 2.50. The molecule has 0 radical (unpaired) electrons. The molecule has 1 aromatic carbocycles. The molecule has 2 aromatic heterocycles. The minimum atomic E-state index is -0.417. The van der Waals surface area contributed by atoms with Gasteiger partial charge < -0.3 is 9.72 Å². The van der Waals surface area contributed by atoms with Crippen LogP contribution in [0.1, 0.15) is 10.4 Å². The fourth-order valence-electron chi connectivity index (χ4n) is 1.64. The van der Waals surface area contributed by atoms with Crippen LogP contribution in [-0.4, -0.2) is 20.9 Å². The van der Waals surface area contributed by atoms with Crippen molar-refractivity contribution in [3.8, 4) is 5.75 Å². The van der Waals surface area contributed by atoms with Gasteiger partial charge in [0.05, 0.1) is 29.1 Å². The Morgan fingerprint density at radius 3 is 3.06 bits per heavy atom. The van der Waals surface area contributed by atoms with Gasteiger partial charge in [0.1, 0.15) is 5.75 Å². The van der Waals surface area contributed by atoms with Gasteiger partial charge in [-0.15, -0.1) is 0 Å². The number of imidazole rings is 1. The zero-order valence-corrected chi connectivity index (χ0v) is 9.33. The Morgan fingerprint density at radius 1 is 1.28 bits per heavy atom. The number of benzene rings is 1. The molecular formula is C13H9N3O2.